The van der Waals surface area contributed by atoms with E-state index in [0.29, 0.717) is 34.4 Å². The number of thioether (sulfide) groups is 1. The topological polar surface area (TPSA) is 52.3 Å². The van der Waals surface area contributed by atoms with Crippen LogP contribution >= 0.6 is 11.8 Å². The van der Waals surface area contributed by atoms with Crippen molar-refractivity contribution >= 4 is 17.5 Å². The van der Waals surface area contributed by atoms with Crippen LogP contribution in [0.3, 0.4) is 0 Å². The highest BCUT2D eigenvalue weighted by molar-refractivity contribution is 7.98. The smallest absolute Gasteiger partial charge is 0.416 e. The molecule has 0 saturated heterocycles. The van der Waals surface area contributed by atoms with Crippen molar-refractivity contribution in [3.05, 3.63) is 65.0 Å². The summed E-state index contributed by atoms with van der Waals surface area (Å²) in [6, 6.07) is 10.4. The maximum atomic E-state index is 12.7. The van der Waals surface area contributed by atoms with Gasteiger partial charge in [-0.1, -0.05) is 0 Å². The summed E-state index contributed by atoms with van der Waals surface area (Å²) >= 11 is 1.54. The van der Waals surface area contributed by atoms with Crippen LogP contribution < -0.4 is 4.74 Å². The number of ether oxygens (including phenoxy) is 1. The molecule has 0 radical (unpaired) electrons. The van der Waals surface area contributed by atoms with Crippen LogP contribution in [0.5, 0.6) is 5.75 Å². The molecular weight excluding hydrogens is 415 g/mol. The number of carbonyl (C=O) groups excluding carboxylic acids is 1. The maximum absolute atomic E-state index is 12.7. The lowest BCUT2D eigenvalue weighted by Gasteiger charge is -2.09. The number of aromatic nitrogens is 1. The Morgan fingerprint density at radius 3 is 2.43 bits per heavy atom. The molecule has 0 fully saturated rings. The molecule has 1 heterocycles. The second-order valence-corrected chi connectivity index (χ2v) is 7.86. The Bertz CT molecular complexity index is 1040. The number of carbonyl (C=O) groups is 1. The van der Waals surface area contributed by atoms with Gasteiger partial charge in [0.1, 0.15) is 18.1 Å². The van der Waals surface area contributed by atoms with Gasteiger partial charge in [0.05, 0.1) is 17.0 Å². The van der Waals surface area contributed by atoms with Crippen molar-refractivity contribution in [3.8, 4) is 17.2 Å². The van der Waals surface area contributed by atoms with Crippen LogP contribution in [0.25, 0.3) is 11.5 Å². The summed E-state index contributed by atoms with van der Waals surface area (Å²) in [4.78, 5) is 16.4. The summed E-state index contributed by atoms with van der Waals surface area (Å²) in [7, 11) is 0. The standard InChI is InChI=1S/C22H20F3NO3S/c1-13-10-18(8-9-19(13)28-11-14(2)27)30-12-20-15(3)26-21(29-20)16-4-6-17(7-5-16)22(23,24)25/h4-10H,11-12H2,1-3H3. The number of ketones is 1. The van der Waals surface area contributed by atoms with Crippen molar-refractivity contribution < 1.29 is 27.1 Å². The maximum Gasteiger partial charge on any atom is 0.416 e. The molecule has 158 valence electrons. The fraction of sp³-hybridized carbons (Fsp3) is 0.273. The molecule has 30 heavy (non-hydrogen) atoms. The quantitative estimate of drug-likeness (QED) is 0.411. The Morgan fingerprint density at radius 2 is 1.83 bits per heavy atom. The number of alkyl halides is 3. The molecule has 4 nitrogen and oxygen atoms in total. The lowest BCUT2D eigenvalue weighted by atomic mass is 10.1. The number of rotatable bonds is 7. The van der Waals surface area contributed by atoms with Crippen molar-refractivity contribution in [1.82, 2.24) is 4.98 Å². The van der Waals surface area contributed by atoms with Crippen molar-refractivity contribution in [2.45, 2.75) is 37.6 Å². The van der Waals surface area contributed by atoms with Crippen molar-refractivity contribution in [2.24, 2.45) is 0 Å². The molecule has 0 aliphatic heterocycles. The molecule has 0 unspecified atom stereocenters. The third-order valence-corrected chi connectivity index (χ3v) is 5.29. The van der Waals surface area contributed by atoms with Crippen LogP contribution in [-0.4, -0.2) is 17.4 Å². The Balaban J connectivity index is 1.68. The average molecular weight is 435 g/mol. The van der Waals surface area contributed by atoms with E-state index in [9.17, 15) is 18.0 Å². The first kappa shape index (κ1) is 22.0. The van der Waals surface area contributed by atoms with Crippen LogP contribution in [0, 0.1) is 13.8 Å². The van der Waals surface area contributed by atoms with Gasteiger partial charge in [0.15, 0.2) is 5.78 Å². The summed E-state index contributed by atoms with van der Waals surface area (Å²) in [6.45, 7) is 5.22. The zero-order valence-electron chi connectivity index (χ0n) is 16.7. The van der Waals surface area contributed by atoms with Gasteiger partial charge in [-0.25, -0.2) is 4.98 Å². The number of aryl methyl sites for hydroxylation is 2. The van der Waals surface area contributed by atoms with Crippen molar-refractivity contribution in [1.29, 1.82) is 0 Å². The lowest BCUT2D eigenvalue weighted by molar-refractivity contribution is -0.137. The molecule has 0 saturated carbocycles. The van der Waals surface area contributed by atoms with Gasteiger partial charge in [-0.15, -0.1) is 11.8 Å². The normalized spacial score (nSPS) is 11.5. The van der Waals surface area contributed by atoms with Gasteiger partial charge in [0.2, 0.25) is 5.89 Å². The van der Waals surface area contributed by atoms with Crippen LogP contribution in [0.4, 0.5) is 13.2 Å². The molecule has 2 aromatic carbocycles. The van der Waals surface area contributed by atoms with Crippen LogP contribution in [-0.2, 0) is 16.7 Å². The van der Waals surface area contributed by atoms with E-state index in [0.717, 1.165) is 22.6 Å². The molecular formula is C22H20F3NO3S. The summed E-state index contributed by atoms with van der Waals surface area (Å²) in [6.07, 6.45) is -4.38. The third kappa shape index (κ3) is 5.44. The molecule has 1 aromatic heterocycles. The highest BCUT2D eigenvalue weighted by Gasteiger charge is 2.30. The van der Waals surface area contributed by atoms with Crippen molar-refractivity contribution in [2.75, 3.05) is 6.61 Å². The van der Waals surface area contributed by atoms with E-state index < -0.39 is 11.7 Å². The minimum Gasteiger partial charge on any atom is -0.486 e. The third-order valence-electron chi connectivity index (χ3n) is 4.30. The molecule has 3 rings (SSSR count). The monoisotopic (exact) mass is 435 g/mol. The Labute approximate surface area is 176 Å². The fourth-order valence-corrected chi connectivity index (χ4v) is 3.68. The second-order valence-electron chi connectivity index (χ2n) is 6.81. The summed E-state index contributed by atoms with van der Waals surface area (Å²) in [5, 5.41) is 0. The zero-order chi connectivity index (χ0) is 21.9. The molecule has 0 spiro atoms. The first-order chi connectivity index (χ1) is 14.1. The van der Waals surface area contributed by atoms with E-state index in [1.807, 2.05) is 25.1 Å². The van der Waals surface area contributed by atoms with Gasteiger partial charge in [-0.05, 0) is 68.8 Å². The van der Waals surface area contributed by atoms with Crippen LogP contribution in [0.2, 0.25) is 0 Å². The predicted octanol–water partition coefficient (Wildman–Crippen LogP) is 6.24. The average Bonchev–Trinajstić information content (AvgIpc) is 3.05. The van der Waals surface area contributed by atoms with E-state index in [-0.39, 0.29) is 12.4 Å². The minimum atomic E-state index is -4.38. The van der Waals surface area contributed by atoms with E-state index >= 15 is 0 Å². The van der Waals surface area contributed by atoms with Gasteiger partial charge in [-0.2, -0.15) is 13.2 Å². The van der Waals surface area contributed by atoms with E-state index in [4.69, 9.17) is 9.15 Å². The molecule has 0 atom stereocenters. The molecule has 3 aromatic rings. The number of halogens is 3. The molecule has 0 N–H and O–H groups in total. The van der Waals surface area contributed by atoms with E-state index in [1.165, 1.54) is 19.1 Å². The summed E-state index contributed by atoms with van der Waals surface area (Å²) in [5.41, 5.74) is 1.39. The Kier molecular flexibility index (Phi) is 6.55. The molecule has 0 aliphatic rings. The van der Waals surface area contributed by atoms with Gasteiger partial charge in [0.25, 0.3) is 0 Å². The largest absolute Gasteiger partial charge is 0.486 e. The first-order valence-corrected chi connectivity index (χ1v) is 10.1. The highest BCUT2D eigenvalue weighted by atomic mass is 32.2. The van der Waals surface area contributed by atoms with Gasteiger partial charge >= 0.3 is 6.18 Å². The van der Waals surface area contributed by atoms with Crippen LogP contribution in [0.15, 0.2) is 51.8 Å². The molecule has 0 bridgehead atoms. The highest BCUT2D eigenvalue weighted by Crippen LogP contribution is 2.33. The number of oxazole rings is 1. The van der Waals surface area contributed by atoms with E-state index in [1.54, 1.807) is 18.7 Å². The van der Waals surface area contributed by atoms with E-state index in [2.05, 4.69) is 4.98 Å². The minimum absolute atomic E-state index is 0.0390. The summed E-state index contributed by atoms with van der Waals surface area (Å²) in [5.74, 6) is 2.09. The van der Waals surface area contributed by atoms with Crippen LogP contribution in [0.1, 0.15) is 29.5 Å². The van der Waals surface area contributed by atoms with Gasteiger partial charge in [0, 0.05) is 10.5 Å². The molecule has 0 aliphatic carbocycles. The molecule has 0 amide bonds. The SMILES string of the molecule is CC(=O)COc1ccc(SCc2oc(-c3ccc(C(F)(F)F)cc3)nc2C)cc1C. The number of Topliss-reactive ketones (excluding diaryl/α,β-unsaturated/α-hetero) is 1. The van der Waals surface area contributed by atoms with Gasteiger partial charge < -0.3 is 9.15 Å². The number of nitrogens with zero attached hydrogens (tertiary/aromatic N) is 1. The Morgan fingerprint density at radius 1 is 1.13 bits per heavy atom. The first-order valence-electron chi connectivity index (χ1n) is 9.13. The van der Waals surface area contributed by atoms with Gasteiger partial charge in [-0.3, -0.25) is 4.79 Å². The predicted molar refractivity (Wildman–Crippen MR) is 109 cm³/mol. The lowest BCUT2D eigenvalue weighted by Crippen LogP contribution is -2.07. The second kappa shape index (κ2) is 8.95. The molecule has 8 heteroatoms. The number of hydrogen-bond acceptors (Lipinski definition) is 5. The fourth-order valence-electron chi connectivity index (χ4n) is 2.69. The number of hydrogen-bond donors (Lipinski definition) is 0. The summed E-state index contributed by atoms with van der Waals surface area (Å²) < 4.78 is 49.4. The Hall–Kier alpha value is -2.74. The van der Waals surface area contributed by atoms with Crippen molar-refractivity contribution in [3.63, 3.8) is 0 Å². The zero-order valence-corrected chi connectivity index (χ0v) is 17.5. The number of benzene rings is 2.